The highest BCUT2D eigenvalue weighted by molar-refractivity contribution is 6.30. The van der Waals surface area contributed by atoms with E-state index in [0.717, 1.165) is 17.5 Å². The van der Waals surface area contributed by atoms with Crippen molar-refractivity contribution in [2.75, 3.05) is 13.1 Å². The van der Waals surface area contributed by atoms with E-state index >= 15 is 0 Å². The zero-order valence-corrected chi connectivity index (χ0v) is 16.1. The molecular formula is C16H21Cl2N5O3. The minimum atomic E-state index is -0.398. The number of carbonyl (C=O) groups is 1. The molecule has 0 radical (unpaired) electrons. The van der Waals surface area contributed by atoms with Crippen LogP contribution in [0.4, 0.5) is 0 Å². The van der Waals surface area contributed by atoms with Crippen molar-refractivity contribution in [2.24, 2.45) is 14.1 Å². The predicted molar refractivity (Wildman–Crippen MR) is 101 cm³/mol. The van der Waals surface area contributed by atoms with Crippen LogP contribution in [-0.2, 0) is 20.6 Å². The van der Waals surface area contributed by atoms with Crippen molar-refractivity contribution in [1.29, 1.82) is 0 Å². The second-order valence-electron chi connectivity index (χ2n) is 6.22. The van der Waals surface area contributed by atoms with Crippen LogP contribution >= 0.6 is 24.0 Å². The van der Waals surface area contributed by atoms with Gasteiger partial charge in [0.25, 0.3) is 11.5 Å². The van der Waals surface area contributed by atoms with Crippen molar-refractivity contribution >= 4 is 29.9 Å². The first-order valence-corrected chi connectivity index (χ1v) is 8.37. The number of H-pyrrole nitrogens is 1. The monoisotopic (exact) mass is 401 g/mol. The first-order valence-electron chi connectivity index (χ1n) is 7.99. The Hall–Kier alpha value is -2.03. The summed E-state index contributed by atoms with van der Waals surface area (Å²) in [6, 6.07) is 1.54. The molecule has 8 nitrogen and oxygen atoms in total. The van der Waals surface area contributed by atoms with Crippen LogP contribution in [0.5, 0.6) is 0 Å². The standard InChI is InChI=1S/C16H20ClN5O3.ClH/c1-20-8-10(14(23)21(2)16(20)25)9-22(12-3-4-18-7-12)15(24)13-5-11(17)6-19-13;/h5-6,8,12,18-19H,3-4,7,9H2,1-2H3;1H. The quantitative estimate of drug-likeness (QED) is 0.779. The number of hydrogen-bond acceptors (Lipinski definition) is 4. The van der Waals surface area contributed by atoms with Crippen LogP contribution in [0.3, 0.4) is 0 Å². The molecule has 0 aromatic carbocycles. The first-order chi connectivity index (χ1) is 11.9. The minimum absolute atomic E-state index is 0. The summed E-state index contributed by atoms with van der Waals surface area (Å²) in [5.74, 6) is -0.225. The summed E-state index contributed by atoms with van der Waals surface area (Å²) < 4.78 is 2.40. The van der Waals surface area contributed by atoms with Gasteiger partial charge in [0.1, 0.15) is 5.69 Å². The maximum atomic E-state index is 12.9. The number of aromatic amines is 1. The molecular weight excluding hydrogens is 381 g/mol. The van der Waals surface area contributed by atoms with Gasteiger partial charge in [0, 0.05) is 39.1 Å². The Balaban J connectivity index is 0.00000243. The van der Waals surface area contributed by atoms with E-state index in [1.54, 1.807) is 24.2 Å². The molecule has 0 spiro atoms. The molecule has 3 rings (SSSR count). The molecule has 1 saturated heterocycles. The number of hydrogen-bond donors (Lipinski definition) is 2. The van der Waals surface area contributed by atoms with Crippen molar-refractivity contribution in [1.82, 2.24) is 24.3 Å². The Morgan fingerprint density at radius 2 is 2.12 bits per heavy atom. The van der Waals surface area contributed by atoms with E-state index in [1.165, 1.54) is 17.8 Å². The Kier molecular flexibility index (Phi) is 6.33. The van der Waals surface area contributed by atoms with Gasteiger partial charge in [0.15, 0.2) is 0 Å². The van der Waals surface area contributed by atoms with Crippen molar-refractivity contribution in [3.63, 3.8) is 0 Å². The average molecular weight is 402 g/mol. The van der Waals surface area contributed by atoms with E-state index in [-0.39, 0.29) is 30.9 Å². The number of amides is 1. The normalized spacial score (nSPS) is 16.3. The average Bonchev–Trinajstić information content (AvgIpc) is 3.26. The Labute approximate surface area is 161 Å². The van der Waals surface area contributed by atoms with E-state index in [1.807, 2.05) is 0 Å². The van der Waals surface area contributed by atoms with Gasteiger partial charge >= 0.3 is 5.69 Å². The minimum Gasteiger partial charge on any atom is -0.356 e. The highest BCUT2D eigenvalue weighted by Crippen LogP contribution is 2.17. The zero-order chi connectivity index (χ0) is 18.1. The van der Waals surface area contributed by atoms with Crippen molar-refractivity contribution in [3.8, 4) is 0 Å². The molecule has 1 unspecified atom stereocenters. The van der Waals surface area contributed by atoms with E-state index in [2.05, 4.69) is 10.3 Å². The second-order valence-corrected chi connectivity index (χ2v) is 6.66. The Morgan fingerprint density at radius 3 is 2.69 bits per heavy atom. The summed E-state index contributed by atoms with van der Waals surface area (Å²) >= 11 is 5.91. The van der Waals surface area contributed by atoms with Crippen LogP contribution in [0.2, 0.25) is 5.02 Å². The second kappa shape index (κ2) is 8.11. The molecule has 2 N–H and O–H groups in total. The summed E-state index contributed by atoms with van der Waals surface area (Å²) in [7, 11) is 3.02. The highest BCUT2D eigenvalue weighted by atomic mass is 35.5. The van der Waals surface area contributed by atoms with Gasteiger partial charge in [-0.3, -0.25) is 14.2 Å². The Bertz CT molecular complexity index is 911. The predicted octanol–water partition coefficient (Wildman–Crippen LogP) is 0.492. The molecule has 26 heavy (non-hydrogen) atoms. The van der Waals surface area contributed by atoms with Crippen LogP contribution in [0.1, 0.15) is 22.5 Å². The summed E-state index contributed by atoms with van der Waals surface area (Å²) in [5.41, 5.74) is -0.0252. The molecule has 2 aromatic heterocycles. The van der Waals surface area contributed by atoms with Crippen molar-refractivity contribution in [2.45, 2.75) is 19.0 Å². The van der Waals surface area contributed by atoms with Gasteiger partial charge in [-0.1, -0.05) is 11.6 Å². The number of aromatic nitrogens is 3. The van der Waals surface area contributed by atoms with E-state index in [9.17, 15) is 14.4 Å². The molecule has 3 heterocycles. The lowest BCUT2D eigenvalue weighted by molar-refractivity contribution is 0.0669. The lowest BCUT2D eigenvalue weighted by Gasteiger charge is -2.28. The molecule has 10 heteroatoms. The maximum Gasteiger partial charge on any atom is 0.330 e. The van der Waals surface area contributed by atoms with E-state index < -0.39 is 11.2 Å². The molecule has 0 bridgehead atoms. The third-order valence-corrected chi connectivity index (χ3v) is 4.69. The fourth-order valence-electron chi connectivity index (χ4n) is 3.09. The topological polar surface area (TPSA) is 92.1 Å². The summed E-state index contributed by atoms with van der Waals surface area (Å²) in [5, 5.41) is 3.68. The fraction of sp³-hybridized carbons (Fsp3) is 0.438. The molecule has 0 aliphatic carbocycles. The molecule has 2 aromatic rings. The third-order valence-electron chi connectivity index (χ3n) is 4.47. The largest absolute Gasteiger partial charge is 0.356 e. The fourth-order valence-corrected chi connectivity index (χ4v) is 3.26. The smallest absolute Gasteiger partial charge is 0.330 e. The van der Waals surface area contributed by atoms with Gasteiger partial charge in [0.05, 0.1) is 17.1 Å². The summed E-state index contributed by atoms with van der Waals surface area (Å²) in [6.07, 6.45) is 3.84. The molecule has 1 amide bonds. The van der Waals surface area contributed by atoms with E-state index in [0.29, 0.717) is 22.8 Å². The highest BCUT2D eigenvalue weighted by Gasteiger charge is 2.29. The van der Waals surface area contributed by atoms with Gasteiger partial charge < -0.3 is 19.8 Å². The number of halogens is 2. The van der Waals surface area contributed by atoms with Crippen LogP contribution in [0.25, 0.3) is 0 Å². The number of rotatable bonds is 4. The third kappa shape index (κ3) is 3.87. The van der Waals surface area contributed by atoms with Crippen LogP contribution in [0, 0.1) is 0 Å². The molecule has 1 fully saturated rings. The van der Waals surface area contributed by atoms with Gasteiger partial charge in [-0.2, -0.15) is 0 Å². The molecule has 1 aliphatic heterocycles. The van der Waals surface area contributed by atoms with Crippen LogP contribution < -0.4 is 16.6 Å². The van der Waals surface area contributed by atoms with Crippen molar-refractivity contribution < 1.29 is 4.79 Å². The first kappa shape index (κ1) is 20.3. The molecule has 1 atom stereocenters. The molecule has 1 aliphatic rings. The van der Waals surface area contributed by atoms with Gasteiger partial charge in [0.2, 0.25) is 0 Å². The van der Waals surface area contributed by atoms with Gasteiger partial charge in [-0.05, 0) is 19.0 Å². The number of nitrogens with zero attached hydrogens (tertiary/aromatic N) is 3. The van der Waals surface area contributed by atoms with Gasteiger partial charge in [-0.15, -0.1) is 12.4 Å². The Morgan fingerprint density at radius 1 is 1.38 bits per heavy atom. The maximum absolute atomic E-state index is 12.9. The lowest BCUT2D eigenvalue weighted by atomic mass is 10.1. The van der Waals surface area contributed by atoms with Crippen molar-refractivity contribution in [3.05, 3.63) is 55.6 Å². The van der Waals surface area contributed by atoms with E-state index in [4.69, 9.17) is 11.6 Å². The summed E-state index contributed by atoms with van der Waals surface area (Å²) in [4.78, 5) is 41.7. The lowest BCUT2D eigenvalue weighted by Crippen LogP contribution is -2.45. The molecule has 142 valence electrons. The SMILES string of the molecule is Cl.Cn1cc(CN(C(=O)c2cc(Cl)c[nH]2)C2CCNC2)c(=O)n(C)c1=O. The zero-order valence-electron chi connectivity index (χ0n) is 14.5. The van der Waals surface area contributed by atoms with Crippen LogP contribution in [-0.4, -0.2) is 44.1 Å². The number of nitrogens with one attached hydrogen (secondary N) is 2. The van der Waals surface area contributed by atoms with Gasteiger partial charge in [-0.25, -0.2) is 4.79 Å². The number of aryl methyl sites for hydroxylation is 1. The number of carbonyl (C=O) groups excluding carboxylic acids is 1. The summed E-state index contributed by atoms with van der Waals surface area (Å²) in [6.45, 7) is 1.60. The molecule has 0 saturated carbocycles. The van der Waals surface area contributed by atoms with Crippen LogP contribution in [0.15, 0.2) is 28.0 Å².